The van der Waals surface area contributed by atoms with Gasteiger partial charge in [-0.2, -0.15) is 0 Å². The Morgan fingerprint density at radius 1 is 1.33 bits per heavy atom. The largest absolute Gasteiger partial charge is 0.378 e. The monoisotopic (exact) mass is 126 g/mol. The number of hydrogen-bond acceptors (Lipinski definition) is 1. The second-order valence-electron chi connectivity index (χ2n) is 1.85. The van der Waals surface area contributed by atoms with Crippen LogP contribution in [0.5, 0.6) is 0 Å². The molecule has 1 nitrogen and oxygen atoms in total. The molecular formula is C8H14O. The average molecular weight is 126 g/mol. The van der Waals surface area contributed by atoms with Gasteiger partial charge in [0.1, 0.15) is 0 Å². The highest BCUT2D eigenvalue weighted by Gasteiger charge is 1.86. The summed E-state index contributed by atoms with van der Waals surface area (Å²) in [5, 5.41) is 0. The summed E-state index contributed by atoms with van der Waals surface area (Å²) in [6, 6.07) is 0. The first kappa shape index (κ1) is 8.44. The highest BCUT2D eigenvalue weighted by molar-refractivity contribution is 5.02. The SMILES string of the molecule is C/C=C/C=C/[C@@H](C)OC. The maximum absolute atomic E-state index is 4.98. The van der Waals surface area contributed by atoms with E-state index in [0.717, 1.165) is 0 Å². The van der Waals surface area contributed by atoms with Gasteiger partial charge in [-0.25, -0.2) is 0 Å². The van der Waals surface area contributed by atoms with Crippen molar-refractivity contribution in [2.75, 3.05) is 7.11 Å². The van der Waals surface area contributed by atoms with Gasteiger partial charge in [0.05, 0.1) is 6.10 Å². The fourth-order valence-corrected chi connectivity index (χ4v) is 0.410. The second kappa shape index (κ2) is 5.57. The van der Waals surface area contributed by atoms with Crippen LogP contribution in [0.25, 0.3) is 0 Å². The zero-order valence-electron chi connectivity index (χ0n) is 6.29. The van der Waals surface area contributed by atoms with Crippen LogP contribution in [0.3, 0.4) is 0 Å². The van der Waals surface area contributed by atoms with Crippen molar-refractivity contribution in [2.45, 2.75) is 20.0 Å². The topological polar surface area (TPSA) is 9.23 Å². The Balaban J connectivity index is 3.43. The van der Waals surface area contributed by atoms with Crippen LogP contribution in [-0.2, 0) is 4.74 Å². The molecule has 0 unspecified atom stereocenters. The molecule has 0 spiro atoms. The van der Waals surface area contributed by atoms with E-state index in [4.69, 9.17) is 4.74 Å². The molecule has 0 saturated carbocycles. The summed E-state index contributed by atoms with van der Waals surface area (Å²) in [5.41, 5.74) is 0. The summed E-state index contributed by atoms with van der Waals surface area (Å²) in [6.07, 6.45) is 8.17. The lowest BCUT2D eigenvalue weighted by atomic mass is 10.3. The van der Waals surface area contributed by atoms with Crippen molar-refractivity contribution in [3.63, 3.8) is 0 Å². The van der Waals surface area contributed by atoms with Crippen LogP contribution < -0.4 is 0 Å². The minimum absolute atomic E-state index is 0.223. The number of rotatable bonds is 3. The zero-order chi connectivity index (χ0) is 7.11. The van der Waals surface area contributed by atoms with Crippen LogP contribution in [0.2, 0.25) is 0 Å². The van der Waals surface area contributed by atoms with Crippen molar-refractivity contribution in [3.05, 3.63) is 24.3 Å². The van der Waals surface area contributed by atoms with Crippen LogP contribution in [0, 0.1) is 0 Å². The van der Waals surface area contributed by atoms with Crippen molar-refractivity contribution >= 4 is 0 Å². The molecule has 0 bridgehead atoms. The van der Waals surface area contributed by atoms with E-state index in [0.29, 0.717) is 0 Å². The Morgan fingerprint density at radius 2 is 2.00 bits per heavy atom. The highest BCUT2D eigenvalue weighted by Crippen LogP contribution is 1.89. The van der Waals surface area contributed by atoms with E-state index in [1.165, 1.54) is 0 Å². The Bertz CT molecular complexity index is 103. The number of hydrogen-bond donors (Lipinski definition) is 0. The summed E-state index contributed by atoms with van der Waals surface area (Å²) in [4.78, 5) is 0. The van der Waals surface area contributed by atoms with Gasteiger partial charge in [0.25, 0.3) is 0 Å². The molecule has 0 aliphatic carbocycles. The summed E-state index contributed by atoms with van der Waals surface area (Å²) < 4.78 is 4.98. The van der Waals surface area contributed by atoms with Gasteiger partial charge >= 0.3 is 0 Å². The summed E-state index contributed by atoms with van der Waals surface area (Å²) in [6.45, 7) is 3.99. The van der Waals surface area contributed by atoms with Gasteiger partial charge in [0.2, 0.25) is 0 Å². The average Bonchev–Trinajstić information content (AvgIpc) is 1.89. The molecule has 0 aliphatic rings. The molecule has 0 radical (unpaired) electrons. The van der Waals surface area contributed by atoms with Crippen molar-refractivity contribution in [1.29, 1.82) is 0 Å². The Morgan fingerprint density at radius 3 is 2.44 bits per heavy atom. The molecule has 0 N–H and O–H groups in total. The fourth-order valence-electron chi connectivity index (χ4n) is 0.410. The standard InChI is InChI=1S/C8H14O/c1-4-5-6-7-8(2)9-3/h4-8H,1-3H3/b5-4+,7-6+/t8-/m1/s1. The summed E-state index contributed by atoms with van der Waals surface area (Å²) >= 11 is 0. The Hall–Kier alpha value is -0.560. The first-order chi connectivity index (χ1) is 4.31. The van der Waals surface area contributed by atoms with E-state index < -0.39 is 0 Å². The van der Waals surface area contributed by atoms with Gasteiger partial charge in [-0.3, -0.25) is 0 Å². The smallest absolute Gasteiger partial charge is 0.0726 e. The van der Waals surface area contributed by atoms with Crippen LogP contribution in [0.4, 0.5) is 0 Å². The molecule has 1 atom stereocenters. The van der Waals surface area contributed by atoms with Gasteiger partial charge in [0, 0.05) is 7.11 Å². The molecule has 52 valence electrons. The zero-order valence-corrected chi connectivity index (χ0v) is 6.29. The molecule has 0 aromatic rings. The third kappa shape index (κ3) is 5.31. The van der Waals surface area contributed by atoms with Crippen LogP contribution in [0.15, 0.2) is 24.3 Å². The molecule has 0 fully saturated rings. The van der Waals surface area contributed by atoms with Crippen molar-refractivity contribution in [1.82, 2.24) is 0 Å². The molecule has 0 saturated heterocycles. The molecule has 0 heterocycles. The van der Waals surface area contributed by atoms with E-state index >= 15 is 0 Å². The predicted octanol–water partition coefficient (Wildman–Crippen LogP) is 2.15. The lowest BCUT2D eigenvalue weighted by molar-refractivity contribution is 0.156. The molecule has 0 amide bonds. The van der Waals surface area contributed by atoms with Crippen LogP contribution >= 0.6 is 0 Å². The van der Waals surface area contributed by atoms with Crippen molar-refractivity contribution in [2.24, 2.45) is 0 Å². The molecular weight excluding hydrogens is 112 g/mol. The van der Waals surface area contributed by atoms with Crippen LogP contribution in [-0.4, -0.2) is 13.2 Å². The van der Waals surface area contributed by atoms with E-state index in [9.17, 15) is 0 Å². The molecule has 0 aliphatic heterocycles. The first-order valence-corrected chi connectivity index (χ1v) is 3.13. The minimum Gasteiger partial charge on any atom is -0.378 e. The van der Waals surface area contributed by atoms with E-state index in [1.807, 2.05) is 38.2 Å². The van der Waals surface area contributed by atoms with Gasteiger partial charge in [-0.1, -0.05) is 24.3 Å². The maximum atomic E-state index is 4.98. The van der Waals surface area contributed by atoms with E-state index in [-0.39, 0.29) is 6.10 Å². The molecule has 1 heteroatoms. The second-order valence-corrected chi connectivity index (χ2v) is 1.85. The lowest BCUT2D eigenvalue weighted by Gasteiger charge is -1.99. The number of methoxy groups -OCH3 is 1. The summed E-state index contributed by atoms with van der Waals surface area (Å²) in [5.74, 6) is 0. The van der Waals surface area contributed by atoms with Gasteiger partial charge in [-0.15, -0.1) is 0 Å². The van der Waals surface area contributed by atoms with Gasteiger partial charge in [0.15, 0.2) is 0 Å². The third-order valence-corrected chi connectivity index (χ3v) is 1.06. The van der Waals surface area contributed by atoms with Crippen molar-refractivity contribution in [3.8, 4) is 0 Å². The lowest BCUT2D eigenvalue weighted by Crippen LogP contribution is -1.97. The Labute approximate surface area is 57.0 Å². The fraction of sp³-hybridized carbons (Fsp3) is 0.500. The minimum atomic E-state index is 0.223. The highest BCUT2D eigenvalue weighted by atomic mass is 16.5. The predicted molar refractivity (Wildman–Crippen MR) is 40.4 cm³/mol. The maximum Gasteiger partial charge on any atom is 0.0726 e. The quantitative estimate of drug-likeness (QED) is 0.526. The van der Waals surface area contributed by atoms with E-state index in [1.54, 1.807) is 7.11 Å². The first-order valence-electron chi connectivity index (χ1n) is 3.13. The molecule has 0 aromatic heterocycles. The molecule has 9 heavy (non-hydrogen) atoms. The van der Waals surface area contributed by atoms with Crippen molar-refractivity contribution < 1.29 is 4.74 Å². The molecule has 0 rings (SSSR count). The van der Waals surface area contributed by atoms with Crippen LogP contribution in [0.1, 0.15) is 13.8 Å². The van der Waals surface area contributed by atoms with E-state index in [2.05, 4.69) is 0 Å². The Kier molecular flexibility index (Phi) is 5.23. The third-order valence-electron chi connectivity index (χ3n) is 1.06. The number of allylic oxidation sites excluding steroid dienone is 3. The number of ether oxygens (including phenoxy) is 1. The van der Waals surface area contributed by atoms with Gasteiger partial charge < -0.3 is 4.74 Å². The normalized spacial score (nSPS) is 15.4. The van der Waals surface area contributed by atoms with Gasteiger partial charge in [-0.05, 0) is 13.8 Å². The summed E-state index contributed by atoms with van der Waals surface area (Å²) in [7, 11) is 1.70. The molecule has 0 aromatic carbocycles.